The topological polar surface area (TPSA) is 83.5 Å². The number of aromatic nitrogens is 2. The van der Waals surface area contributed by atoms with Crippen LogP contribution >= 0.6 is 0 Å². The second kappa shape index (κ2) is 6.77. The minimum absolute atomic E-state index is 0.0141. The fraction of sp³-hybridized carbons (Fsp3) is 0.316. The Morgan fingerprint density at radius 1 is 1.19 bits per heavy atom. The van der Waals surface area contributed by atoms with Gasteiger partial charge in [-0.25, -0.2) is 23.1 Å². The van der Waals surface area contributed by atoms with E-state index in [-0.39, 0.29) is 17.2 Å². The Kier molecular flexibility index (Phi) is 4.43. The first-order chi connectivity index (χ1) is 12.9. The van der Waals surface area contributed by atoms with Crippen molar-refractivity contribution in [1.82, 2.24) is 14.9 Å². The monoisotopic (exact) mass is 384 g/mol. The zero-order valence-corrected chi connectivity index (χ0v) is 15.8. The van der Waals surface area contributed by atoms with E-state index in [4.69, 9.17) is 0 Å². The van der Waals surface area contributed by atoms with Crippen molar-refractivity contribution < 1.29 is 13.2 Å². The van der Waals surface area contributed by atoms with Crippen LogP contribution < -0.4 is 4.90 Å². The van der Waals surface area contributed by atoms with E-state index in [2.05, 4.69) is 22.1 Å². The largest absolute Gasteiger partial charge is 0.331 e. The van der Waals surface area contributed by atoms with Crippen LogP contribution in [0.5, 0.6) is 0 Å². The van der Waals surface area contributed by atoms with Crippen molar-refractivity contribution in [2.45, 2.75) is 37.0 Å². The van der Waals surface area contributed by atoms with Gasteiger partial charge in [-0.05, 0) is 31.4 Å². The summed E-state index contributed by atoms with van der Waals surface area (Å²) in [5, 5.41) is -0.277. The van der Waals surface area contributed by atoms with E-state index in [1.165, 1.54) is 11.1 Å². The number of nitrogens with zero attached hydrogens (tertiary/aromatic N) is 4. The third-order valence-electron chi connectivity index (χ3n) is 4.78. The van der Waals surface area contributed by atoms with E-state index in [9.17, 15) is 13.2 Å². The number of carbonyl (C=O) groups is 1. The summed E-state index contributed by atoms with van der Waals surface area (Å²) < 4.78 is 23.8. The third kappa shape index (κ3) is 3.32. The highest BCUT2D eigenvalue weighted by atomic mass is 32.2. The van der Waals surface area contributed by atoms with Crippen molar-refractivity contribution in [1.29, 1.82) is 0 Å². The van der Waals surface area contributed by atoms with Crippen LogP contribution in [0.1, 0.15) is 24.8 Å². The van der Waals surface area contributed by atoms with Crippen LogP contribution in [0.3, 0.4) is 0 Å². The maximum Gasteiger partial charge on any atom is 0.331 e. The lowest BCUT2D eigenvalue weighted by atomic mass is 10.00. The van der Waals surface area contributed by atoms with Gasteiger partial charge in [0.25, 0.3) is 0 Å². The van der Waals surface area contributed by atoms with Crippen molar-refractivity contribution in [2.24, 2.45) is 0 Å². The molecule has 0 radical (unpaired) electrons. The molecule has 27 heavy (non-hydrogen) atoms. The minimum atomic E-state index is -3.58. The van der Waals surface area contributed by atoms with Crippen LogP contribution in [0.25, 0.3) is 0 Å². The first kappa shape index (κ1) is 17.7. The highest BCUT2D eigenvalue weighted by molar-refractivity contribution is 7.90. The van der Waals surface area contributed by atoms with E-state index < -0.39 is 9.84 Å². The van der Waals surface area contributed by atoms with E-state index in [1.807, 2.05) is 30.3 Å². The van der Waals surface area contributed by atoms with E-state index in [1.54, 1.807) is 4.90 Å². The maximum atomic E-state index is 13.4. The molecule has 1 aliphatic heterocycles. The Bertz CT molecular complexity index is 1000. The molecule has 0 N–H and O–H groups in total. The Balaban J connectivity index is 1.85. The molecule has 0 saturated carbocycles. The fourth-order valence-corrected chi connectivity index (χ4v) is 3.96. The summed E-state index contributed by atoms with van der Waals surface area (Å²) in [7, 11) is -3.58. The van der Waals surface area contributed by atoms with Crippen molar-refractivity contribution in [3.8, 4) is 0 Å². The molecular formula is C19H20N4O3S. The van der Waals surface area contributed by atoms with E-state index in [0.717, 1.165) is 31.1 Å². The molecule has 0 spiro atoms. The molecule has 2 amide bonds. The Morgan fingerprint density at radius 3 is 2.63 bits per heavy atom. The lowest BCUT2D eigenvalue weighted by Crippen LogP contribution is -2.49. The molecule has 7 nitrogen and oxygen atoms in total. The summed E-state index contributed by atoms with van der Waals surface area (Å²) in [5.41, 5.74) is 1.37. The molecule has 1 aliphatic carbocycles. The van der Waals surface area contributed by atoms with Crippen molar-refractivity contribution in [3.05, 3.63) is 54.2 Å². The van der Waals surface area contributed by atoms with Crippen LogP contribution in [0.2, 0.25) is 0 Å². The van der Waals surface area contributed by atoms with Crippen LogP contribution in [-0.2, 0) is 16.4 Å². The van der Waals surface area contributed by atoms with Crippen molar-refractivity contribution >= 4 is 27.4 Å². The van der Waals surface area contributed by atoms with Gasteiger partial charge in [0.05, 0.1) is 18.3 Å². The van der Waals surface area contributed by atoms with Gasteiger partial charge in [-0.1, -0.05) is 30.4 Å². The number of para-hydroxylation sites is 1. The summed E-state index contributed by atoms with van der Waals surface area (Å²) in [6.07, 6.45) is 9.72. The quantitative estimate of drug-likeness (QED) is 0.600. The number of fused-ring (bicyclic) bond motifs is 1. The Morgan fingerprint density at radius 2 is 1.96 bits per heavy atom. The summed E-state index contributed by atoms with van der Waals surface area (Å²) in [5.74, 6) is 0.331. The van der Waals surface area contributed by atoms with Crippen molar-refractivity contribution in [3.63, 3.8) is 0 Å². The van der Waals surface area contributed by atoms with Crippen LogP contribution in [0.4, 0.5) is 16.3 Å². The second-order valence-corrected chi connectivity index (χ2v) is 8.69. The first-order valence-electron chi connectivity index (χ1n) is 8.83. The van der Waals surface area contributed by atoms with Gasteiger partial charge in [0.2, 0.25) is 15.0 Å². The van der Waals surface area contributed by atoms with Crippen LogP contribution in [0, 0.1) is 0 Å². The van der Waals surface area contributed by atoms with Gasteiger partial charge in [-0.3, -0.25) is 0 Å². The molecule has 1 aromatic heterocycles. The number of rotatable bonds is 3. The number of amides is 2. The number of sulfone groups is 1. The summed E-state index contributed by atoms with van der Waals surface area (Å²) in [6.45, 7) is 0.358. The smallest absolute Gasteiger partial charge is 0.313 e. The lowest BCUT2D eigenvalue weighted by Gasteiger charge is -2.40. The van der Waals surface area contributed by atoms with Crippen LogP contribution in [-0.4, -0.2) is 41.6 Å². The van der Waals surface area contributed by atoms with Gasteiger partial charge in [0.15, 0.2) is 5.82 Å². The molecule has 1 aromatic carbocycles. The SMILES string of the molecule is CS(=O)(=O)c1ncc2c(n1)N(c1ccccc1)C(=O)N(C1C=CCCC1)C2. The number of carbonyl (C=O) groups excluding carboxylic acids is 1. The van der Waals surface area contributed by atoms with Gasteiger partial charge in [-0.15, -0.1) is 0 Å². The first-order valence-corrected chi connectivity index (χ1v) is 10.7. The molecule has 4 rings (SSSR count). The fourth-order valence-electron chi connectivity index (χ4n) is 3.46. The highest BCUT2D eigenvalue weighted by Gasteiger charge is 2.37. The van der Waals surface area contributed by atoms with Gasteiger partial charge in [0, 0.05) is 18.0 Å². The predicted octanol–water partition coefficient (Wildman–Crippen LogP) is 3.06. The summed E-state index contributed by atoms with van der Waals surface area (Å²) in [4.78, 5) is 24.9. The number of anilines is 2. The summed E-state index contributed by atoms with van der Waals surface area (Å²) in [6, 6.07) is 8.96. The molecule has 0 bridgehead atoms. The predicted molar refractivity (Wildman–Crippen MR) is 101 cm³/mol. The zero-order chi connectivity index (χ0) is 19.0. The minimum Gasteiger partial charge on any atom is -0.313 e. The third-order valence-corrected chi connectivity index (χ3v) is 5.64. The number of urea groups is 1. The van der Waals surface area contributed by atoms with Gasteiger partial charge in [0.1, 0.15) is 0 Å². The molecule has 1 atom stereocenters. The molecule has 0 saturated heterocycles. The molecule has 2 aliphatic rings. The van der Waals surface area contributed by atoms with Crippen molar-refractivity contribution in [2.75, 3.05) is 11.2 Å². The molecule has 0 fully saturated rings. The lowest BCUT2D eigenvalue weighted by molar-refractivity contribution is 0.182. The molecule has 8 heteroatoms. The maximum absolute atomic E-state index is 13.4. The molecule has 140 valence electrons. The molecule has 2 heterocycles. The second-order valence-electron chi connectivity index (χ2n) is 6.78. The number of hydrogen-bond acceptors (Lipinski definition) is 5. The average Bonchev–Trinajstić information content (AvgIpc) is 2.68. The van der Waals surface area contributed by atoms with E-state index in [0.29, 0.717) is 18.1 Å². The van der Waals surface area contributed by atoms with Gasteiger partial charge < -0.3 is 4.90 Å². The number of allylic oxidation sites excluding steroid dienone is 1. The Hall–Kier alpha value is -2.74. The molecule has 2 aromatic rings. The van der Waals surface area contributed by atoms with Gasteiger partial charge >= 0.3 is 6.03 Å². The Labute approximate surface area is 158 Å². The zero-order valence-electron chi connectivity index (χ0n) is 14.9. The molecule has 1 unspecified atom stereocenters. The average molecular weight is 384 g/mol. The normalized spacial score (nSPS) is 19.9. The molecular weight excluding hydrogens is 364 g/mol. The summed E-state index contributed by atoms with van der Waals surface area (Å²) >= 11 is 0. The highest BCUT2D eigenvalue weighted by Crippen LogP contribution is 2.35. The number of benzene rings is 1. The van der Waals surface area contributed by atoms with Gasteiger partial charge in [-0.2, -0.15) is 4.98 Å². The number of hydrogen-bond donors (Lipinski definition) is 0. The standard InChI is InChI=1S/C19H20N4O3S/c1-27(25,26)18-20-12-14-13-22(15-8-4-2-5-9-15)19(24)23(17(14)21-18)16-10-6-3-7-11-16/h3-4,6-8,10-12,15H,2,5,9,13H2,1H3. The van der Waals surface area contributed by atoms with E-state index >= 15 is 0 Å². The van der Waals surface area contributed by atoms with Crippen LogP contribution in [0.15, 0.2) is 53.8 Å².